The molecule has 0 fully saturated rings. The number of carbonyl (C=O) groups is 1. The SMILES string of the molecule is Nc1cccc(OCCC(=O)NCc2ccccc2F)c1. The second kappa shape index (κ2) is 7.28. The summed E-state index contributed by atoms with van der Waals surface area (Å²) < 4.78 is 18.8. The Hall–Kier alpha value is -2.56. The zero-order valence-electron chi connectivity index (χ0n) is 11.5. The van der Waals surface area contributed by atoms with Crippen molar-refractivity contribution in [1.29, 1.82) is 0 Å². The van der Waals surface area contributed by atoms with Crippen molar-refractivity contribution in [3.8, 4) is 5.75 Å². The van der Waals surface area contributed by atoms with E-state index in [9.17, 15) is 9.18 Å². The summed E-state index contributed by atoms with van der Waals surface area (Å²) in [7, 11) is 0. The standard InChI is InChI=1S/C16H17FN2O2/c17-15-7-2-1-4-12(15)11-19-16(20)8-9-21-14-6-3-5-13(18)10-14/h1-7,10H,8-9,11,18H2,(H,19,20). The van der Waals surface area contributed by atoms with E-state index >= 15 is 0 Å². The van der Waals surface area contributed by atoms with Crippen LogP contribution >= 0.6 is 0 Å². The zero-order valence-corrected chi connectivity index (χ0v) is 11.5. The normalized spacial score (nSPS) is 10.1. The number of ether oxygens (including phenoxy) is 1. The molecule has 5 heteroatoms. The Morgan fingerprint density at radius 1 is 1.19 bits per heavy atom. The van der Waals surface area contributed by atoms with Crippen LogP contribution in [0.1, 0.15) is 12.0 Å². The third-order valence-electron chi connectivity index (χ3n) is 2.89. The van der Waals surface area contributed by atoms with Gasteiger partial charge in [0.25, 0.3) is 0 Å². The van der Waals surface area contributed by atoms with Crippen LogP contribution in [0.3, 0.4) is 0 Å². The first-order valence-corrected chi connectivity index (χ1v) is 6.63. The molecule has 0 spiro atoms. The van der Waals surface area contributed by atoms with Gasteiger partial charge in [-0.3, -0.25) is 4.79 Å². The summed E-state index contributed by atoms with van der Waals surface area (Å²) in [5.74, 6) is 0.105. The van der Waals surface area contributed by atoms with Gasteiger partial charge in [0.15, 0.2) is 0 Å². The van der Waals surface area contributed by atoms with Crippen LogP contribution in [-0.4, -0.2) is 12.5 Å². The number of halogens is 1. The van der Waals surface area contributed by atoms with E-state index in [1.807, 2.05) is 0 Å². The number of carbonyl (C=O) groups excluding carboxylic acids is 1. The lowest BCUT2D eigenvalue weighted by Gasteiger charge is -2.08. The highest BCUT2D eigenvalue weighted by Crippen LogP contribution is 2.14. The van der Waals surface area contributed by atoms with Crippen LogP contribution in [0.2, 0.25) is 0 Å². The van der Waals surface area contributed by atoms with E-state index < -0.39 is 0 Å². The summed E-state index contributed by atoms with van der Waals surface area (Å²) in [5, 5.41) is 2.65. The van der Waals surface area contributed by atoms with Crippen LogP contribution < -0.4 is 15.8 Å². The van der Waals surface area contributed by atoms with Crippen molar-refractivity contribution in [3.05, 3.63) is 59.9 Å². The molecule has 0 heterocycles. The summed E-state index contributed by atoms with van der Waals surface area (Å²) in [6.45, 7) is 0.413. The fourth-order valence-corrected chi connectivity index (χ4v) is 1.79. The maximum absolute atomic E-state index is 13.4. The van der Waals surface area contributed by atoms with Gasteiger partial charge in [0.1, 0.15) is 11.6 Å². The number of hydrogen-bond acceptors (Lipinski definition) is 3. The molecule has 2 aromatic rings. The predicted octanol–water partition coefficient (Wildman–Crippen LogP) is 2.49. The summed E-state index contributed by atoms with van der Waals surface area (Å²) in [5.41, 5.74) is 6.69. The lowest BCUT2D eigenvalue weighted by Crippen LogP contribution is -2.24. The van der Waals surface area contributed by atoms with Crippen molar-refractivity contribution < 1.29 is 13.9 Å². The molecule has 4 nitrogen and oxygen atoms in total. The molecule has 0 saturated heterocycles. The maximum Gasteiger partial charge on any atom is 0.223 e. The van der Waals surface area contributed by atoms with Crippen molar-refractivity contribution in [3.63, 3.8) is 0 Å². The van der Waals surface area contributed by atoms with Gasteiger partial charge in [0.05, 0.1) is 13.0 Å². The first kappa shape index (κ1) is 14.8. The smallest absolute Gasteiger partial charge is 0.223 e. The first-order valence-electron chi connectivity index (χ1n) is 6.63. The Labute approximate surface area is 122 Å². The third-order valence-corrected chi connectivity index (χ3v) is 2.89. The van der Waals surface area contributed by atoms with Crippen LogP contribution in [0.5, 0.6) is 5.75 Å². The zero-order chi connectivity index (χ0) is 15.1. The van der Waals surface area contributed by atoms with Crippen molar-refractivity contribution in [2.45, 2.75) is 13.0 Å². The fourth-order valence-electron chi connectivity index (χ4n) is 1.79. The number of hydrogen-bond donors (Lipinski definition) is 2. The highest BCUT2D eigenvalue weighted by molar-refractivity contribution is 5.76. The van der Waals surface area contributed by atoms with Crippen LogP contribution in [-0.2, 0) is 11.3 Å². The summed E-state index contributed by atoms with van der Waals surface area (Å²) in [6.07, 6.45) is 0.198. The molecule has 0 radical (unpaired) electrons. The summed E-state index contributed by atoms with van der Waals surface area (Å²) in [6, 6.07) is 13.3. The number of anilines is 1. The molecule has 0 saturated carbocycles. The third kappa shape index (κ3) is 4.80. The largest absolute Gasteiger partial charge is 0.493 e. The Morgan fingerprint density at radius 2 is 2.00 bits per heavy atom. The van der Waals surface area contributed by atoms with Crippen LogP contribution in [0, 0.1) is 5.82 Å². The topological polar surface area (TPSA) is 64.3 Å². The van der Waals surface area contributed by atoms with Crippen molar-refractivity contribution in [1.82, 2.24) is 5.32 Å². The molecule has 21 heavy (non-hydrogen) atoms. The van der Waals surface area contributed by atoms with E-state index in [0.29, 0.717) is 17.0 Å². The Balaban J connectivity index is 1.72. The van der Waals surface area contributed by atoms with E-state index in [1.54, 1.807) is 42.5 Å². The molecule has 3 N–H and O–H groups in total. The lowest BCUT2D eigenvalue weighted by atomic mass is 10.2. The minimum absolute atomic E-state index is 0.170. The minimum atomic E-state index is -0.325. The fraction of sp³-hybridized carbons (Fsp3) is 0.188. The summed E-state index contributed by atoms with van der Waals surface area (Å²) in [4.78, 5) is 11.6. The monoisotopic (exact) mass is 288 g/mol. The molecule has 0 aliphatic carbocycles. The number of nitrogens with one attached hydrogen (secondary N) is 1. The Bertz CT molecular complexity index is 617. The highest BCUT2D eigenvalue weighted by Gasteiger charge is 2.05. The number of benzene rings is 2. The molecule has 2 rings (SSSR count). The average molecular weight is 288 g/mol. The molecule has 110 valence electrons. The molecule has 2 aromatic carbocycles. The van der Waals surface area contributed by atoms with E-state index in [1.165, 1.54) is 6.07 Å². The molecule has 0 unspecified atom stereocenters. The second-order valence-electron chi connectivity index (χ2n) is 4.54. The van der Waals surface area contributed by atoms with E-state index in [4.69, 9.17) is 10.5 Å². The molecule has 0 aromatic heterocycles. The van der Waals surface area contributed by atoms with Gasteiger partial charge in [-0.2, -0.15) is 0 Å². The quantitative estimate of drug-likeness (QED) is 0.803. The van der Waals surface area contributed by atoms with Gasteiger partial charge < -0.3 is 15.8 Å². The van der Waals surface area contributed by atoms with Gasteiger partial charge in [-0.25, -0.2) is 4.39 Å². The molecule has 0 atom stereocenters. The van der Waals surface area contributed by atoms with Gasteiger partial charge in [-0.05, 0) is 18.2 Å². The lowest BCUT2D eigenvalue weighted by molar-refractivity contribution is -0.121. The van der Waals surface area contributed by atoms with Crippen LogP contribution in [0.25, 0.3) is 0 Å². The van der Waals surface area contributed by atoms with Crippen LogP contribution in [0.4, 0.5) is 10.1 Å². The van der Waals surface area contributed by atoms with Gasteiger partial charge >= 0.3 is 0 Å². The molecular formula is C16H17FN2O2. The Kier molecular flexibility index (Phi) is 5.15. The average Bonchev–Trinajstić information content (AvgIpc) is 2.46. The minimum Gasteiger partial charge on any atom is -0.493 e. The Morgan fingerprint density at radius 3 is 2.76 bits per heavy atom. The second-order valence-corrected chi connectivity index (χ2v) is 4.54. The molecule has 1 amide bonds. The van der Waals surface area contributed by atoms with Gasteiger partial charge in [-0.1, -0.05) is 24.3 Å². The number of amides is 1. The highest BCUT2D eigenvalue weighted by atomic mass is 19.1. The summed E-state index contributed by atoms with van der Waals surface area (Å²) >= 11 is 0. The number of nitrogen functional groups attached to an aromatic ring is 1. The number of rotatable bonds is 6. The van der Waals surface area contributed by atoms with E-state index in [0.717, 1.165) is 0 Å². The predicted molar refractivity (Wildman–Crippen MR) is 79.2 cm³/mol. The van der Waals surface area contributed by atoms with Crippen molar-refractivity contribution >= 4 is 11.6 Å². The van der Waals surface area contributed by atoms with Gasteiger partial charge in [0, 0.05) is 23.9 Å². The number of nitrogens with two attached hydrogens (primary N) is 1. The first-order chi connectivity index (χ1) is 10.1. The molecular weight excluding hydrogens is 271 g/mol. The molecule has 0 bridgehead atoms. The van der Waals surface area contributed by atoms with Crippen molar-refractivity contribution in [2.24, 2.45) is 0 Å². The van der Waals surface area contributed by atoms with Gasteiger partial charge in [0.2, 0.25) is 5.91 Å². The van der Waals surface area contributed by atoms with E-state index in [2.05, 4.69) is 5.32 Å². The van der Waals surface area contributed by atoms with Crippen LogP contribution in [0.15, 0.2) is 48.5 Å². The van der Waals surface area contributed by atoms with E-state index in [-0.39, 0.29) is 31.3 Å². The molecule has 0 aliphatic heterocycles. The molecule has 0 aliphatic rings. The van der Waals surface area contributed by atoms with Gasteiger partial charge in [-0.15, -0.1) is 0 Å². The van der Waals surface area contributed by atoms with Crippen molar-refractivity contribution in [2.75, 3.05) is 12.3 Å². The maximum atomic E-state index is 13.4.